The predicted molar refractivity (Wildman–Crippen MR) is 93.8 cm³/mol. The second-order valence-electron chi connectivity index (χ2n) is 5.56. The summed E-state index contributed by atoms with van der Waals surface area (Å²) in [5.41, 5.74) is 3.23. The van der Waals surface area contributed by atoms with E-state index in [0.717, 1.165) is 22.5 Å². The summed E-state index contributed by atoms with van der Waals surface area (Å²) in [5.74, 6) is 0.536. The van der Waals surface area contributed by atoms with Crippen LogP contribution in [0.3, 0.4) is 0 Å². The van der Waals surface area contributed by atoms with Crippen molar-refractivity contribution in [1.29, 1.82) is 0 Å². The molecule has 0 radical (unpaired) electrons. The van der Waals surface area contributed by atoms with Crippen molar-refractivity contribution in [1.82, 2.24) is 19.3 Å². The van der Waals surface area contributed by atoms with Gasteiger partial charge in [-0.15, -0.1) is 11.3 Å². The average molecular weight is 374 g/mol. The Morgan fingerprint density at radius 1 is 1.32 bits per heavy atom. The van der Waals surface area contributed by atoms with Crippen LogP contribution >= 0.6 is 11.3 Å². The van der Waals surface area contributed by atoms with Crippen LogP contribution in [-0.2, 0) is 16.6 Å². The quantitative estimate of drug-likeness (QED) is 0.580. The van der Waals surface area contributed by atoms with E-state index in [-0.39, 0.29) is 10.8 Å². The molecule has 0 aliphatic rings. The summed E-state index contributed by atoms with van der Waals surface area (Å²) in [5, 5.41) is 5.35. The minimum atomic E-state index is -3.62. The molecule has 0 aromatic carbocycles. The van der Waals surface area contributed by atoms with E-state index >= 15 is 0 Å². The van der Waals surface area contributed by atoms with Gasteiger partial charge in [0, 0.05) is 29.4 Å². The monoisotopic (exact) mass is 374 g/mol. The highest BCUT2D eigenvalue weighted by atomic mass is 32.2. The highest BCUT2D eigenvalue weighted by Crippen LogP contribution is 2.28. The predicted octanol–water partition coefficient (Wildman–Crippen LogP) is 2.84. The molecule has 9 heteroatoms. The Labute approximate surface area is 148 Å². The van der Waals surface area contributed by atoms with E-state index in [0.29, 0.717) is 17.0 Å². The number of rotatable bonds is 5. The van der Waals surface area contributed by atoms with Crippen LogP contribution < -0.4 is 4.72 Å². The van der Waals surface area contributed by atoms with Crippen LogP contribution in [0.2, 0.25) is 0 Å². The van der Waals surface area contributed by atoms with Crippen molar-refractivity contribution < 1.29 is 12.9 Å². The second-order valence-corrected chi connectivity index (χ2v) is 8.46. The normalized spacial score (nSPS) is 12.0. The number of nitrogens with zero attached hydrogens (tertiary/aromatic N) is 3. The molecule has 4 aromatic rings. The molecule has 4 rings (SSSR count). The zero-order valence-electron chi connectivity index (χ0n) is 13.2. The van der Waals surface area contributed by atoms with Crippen molar-refractivity contribution in [2.45, 2.75) is 17.7 Å². The first-order valence-electron chi connectivity index (χ1n) is 7.45. The maximum atomic E-state index is 12.5. The first-order chi connectivity index (χ1) is 12.0. The molecule has 0 unspecified atom stereocenters. The highest BCUT2D eigenvalue weighted by molar-refractivity contribution is 7.91. The molecule has 0 aliphatic carbocycles. The Hall–Kier alpha value is -2.49. The lowest BCUT2D eigenvalue weighted by Gasteiger charge is -2.01. The third kappa shape index (κ3) is 3.21. The van der Waals surface area contributed by atoms with Crippen LogP contribution in [0.1, 0.15) is 11.3 Å². The molecule has 128 valence electrons. The summed E-state index contributed by atoms with van der Waals surface area (Å²) in [7, 11) is -3.62. The van der Waals surface area contributed by atoms with Crippen molar-refractivity contribution in [2.24, 2.45) is 0 Å². The van der Waals surface area contributed by atoms with Crippen molar-refractivity contribution >= 4 is 27.0 Å². The molecule has 0 bridgehead atoms. The SMILES string of the molecule is Cc1ccn2cc(CNS(=O)(=O)c3cc(-c4ccno4)cs3)nc2c1. The lowest BCUT2D eigenvalue weighted by atomic mass is 10.3. The largest absolute Gasteiger partial charge is 0.356 e. The fraction of sp³-hybridized carbons (Fsp3) is 0.125. The zero-order valence-corrected chi connectivity index (χ0v) is 14.8. The lowest BCUT2D eigenvalue weighted by Crippen LogP contribution is -2.22. The average Bonchev–Trinajstić information content (AvgIpc) is 3.31. The number of hydrogen-bond acceptors (Lipinski definition) is 6. The Morgan fingerprint density at radius 3 is 3.00 bits per heavy atom. The molecule has 1 N–H and O–H groups in total. The smallest absolute Gasteiger partial charge is 0.250 e. The molecule has 0 amide bonds. The van der Waals surface area contributed by atoms with E-state index < -0.39 is 10.0 Å². The molecule has 0 spiro atoms. The topological polar surface area (TPSA) is 89.5 Å². The zero-order chi connectivity index (χ0) is 17.4. The fourth-order valence-corrected chi connectivity index (χ4v) is 4.63. The molecule has 0 aliphatic heterocycles. The number of aromatic nitrogens is 3. The summed E-state index contributed by atoms with van der Waals surface area (Å²) in [6, 6.07) is 7.17. The maximum Gasteiger partial charge on any atom is 0.250 e. The lowest BCUT2D eigenvalue weighted by molar-refractivity contribution is 0.432. The number of sulfonamides is 1. The van der Waals surface area contributed by atoms with E-state index in [2.05, 4.69) is 14.9 Å². The summed E-state index contributed by atoms with van der Waals surface area (Å²) >= 11 is 1.13. The van der Waals surface area contributed by atoms with E-state index in [4.69, 9.17) is 4.52 Å². The molecule has 4 aromatic heterocycles. The standard InChI is InChI=1S/C16H14N4O3S2/c1-11-3-5-20-9-13(19-15(20)6-11)8-18-25(21,22)16-7-12(10-24-16)14-2-4-17-23-14/h2-7,9-10,18H,8H2,1H3. The van der Waals surface area contributed by atoms with Crippen LogP contribution in [0.25, 0.3) is 17.0 Å². The van der Waals surface area contributed by atoms with Crippen molar-refractivity contribution in [2.75, 3.05) is 0 Å². The summed E-state index contributed by atoms with van der Waals surface area (Å²) in [4.78, 5) is 4.43. The number of imidazole rings is 1. The number of hydrogen-bond donors (Lipinski definition) is 1. The Bertz CT molecular complexity index is 1130. The van der Waals surface area contributed by atoms with Crippen LogP contribution in [0.4, 0.5) is 0 Å². The van der Waals surface area contributed by atoms with E-state index in [1.807, 2.05) is 35.9 Å². The summed E-state index contributed by atoms with van der Waals surface area (Å²) in [6.45, 7) is 2.11. The number of nitrogens with one attached hydrogen (secondary N) is 1. The number of fused-ring (bicyclic) bond motifs is 1. The molecule has 0 saturated carbocycles. The first kappa shape index (κ1) is 16.0. The molecule has 0 atom stereocenters. The van der Waals surface area contributed by atoms with Gasteiger partial charge in [0.05, 0.1) is 18.4 Å². The fourth-order valence-electron chi connectivity index (χ4n) is 2.41. The van der Waals surface area contributed by atoms with Gasteiger partial charge < -0.3 is 8.92 Å². The van der Waals surface area contributed by atoms with Crippen molar-refractivity contribution in [3.8, 4) is 11.3 Å². The molecule has 25 heavy (non-hydrogen) atoms. The Balaban J connectivity index is 1.52. The van der Waals surface area contributed by atoms with Gasteiger partial charge in [-0.1, -0.05) is 5.16 Å². The molecule has 0 fully saturated rings. The summed E-state index contributed by atoms with van der Waals surface area (Å²) < 4.78 is 34.7. The Morgan fingerprint density at radius 2 is 2.20 bits per heavy atom. The summed E-state index contributed by atoms with van der Waals surface area (Å²) in [6.07, 6.45) is 5.23. The molecule has 7 nitrogen and oxygen atoms in total. The van der Waals surface area contributed by atoms with Gasteiger partial charge in [0.15, 0.2) is 5.76 Å². The molecule has 4 heterocycles. The van der Waals surface area contributed by atoms with Crippen LogP contribution in [-0.4, -0.2) is 23.0 Å². The van der Waals surface area contributed by atoms with Gasteiger partial charge >= 0.3 is 0 Å². The minimum Gasteiger partial charge on any atom is -0.356 e. The molecular formula is C16H14N4O3S2. The van der Waals surface area contributed by atoms with Crippen molar-refractivity contribution in [3.63, 3.8) is 0 Å². The number of aryl methyl sites for hydroxylation is 1. The third-order valence-electron chi connectivity index (χ3n) is 3.67. The van der Waals surface area contributed by atoms with Gasteiger partial charge in [0.25, 0.3) is 0 Å². The molecule has 0 saturated heterocycles. The van der Waals surface area contributed by atoms with E-state index in [1.54, 1.807) is 17.5 Å². The van der Waals surface area contributed by atoms with Crippen LogP contribution in [0.15, 0.2) is 57.0 Å². The number of pyridine rings is 1. The van der Waals surface area contributed by atoms with Crippen molar-refractivity contribution in [3.05, 3.63) is 59.5 Å². The van der Waals surface area contributed by atoms with Gasteiger partial charge in [-0.3, -0.25) is 0 Å². The van der Waals surface area contributed by atoms with Gasteiger partial charge in [-0.25, -0.2) is 18.1 Å². The first-order valence-corrected chi connectivity index (χ1v) is 9.81. The van der Waals surface area contributed by atoms with Gasteiger partial charge in [0.1, 0.15) is 9.86 Å². The van der Waals surface area contributed by atoms with E-state index in [1.165, 1.54) is 6.20 Å². The van der Waals surface area contributed by atoms with Crippen LogP contribution in [0.5, 0.6) is 0 Å². The minimum absolute atomic E-state index is 0.124. The molecular weight excluding hydrogens is 360 g/mol. The van der Waals surface area contributed by atoms with Gasteiger partial charge in [-0.05, 0) is 30.7 Å². The van der Waals surface area contributed by atoms with Gasteiger partial charge in [-0.2, -0.15) is 0 Å². The van der Waals surface area contributed by atoms with E-state index in [9.17, 15) is 8.42 Å². The third-order valence-corrected chi connectivity index (χ3v) is 6.51. The maximum absolute atomic E-state index is 12.5. The van der Waals surface area contributed by atoms with Crippen LogP contribution in [0, 0.1) is 6.92 Å². The van der Waals surface area contributed by atoms with Gasteiger partial charge in [0.2, 0.25) is 10.0 Å². The Kier molecular flexibility index (Phi) is 3.91. The number of thiophene rings is 1. The highest BCUT2D eigenvalue weighted by Gasteiger charge is 2.18. The second kappa shape index (κ2) is 6.10.